The van der Waals surface area contributed by atoms with E-state index in [0.29, 0.717) is 30.5 Å². The zero-order valence-corrected chi connectivity index (χ0v) is 10.6. The second-order valence-electron chi connectivity index (χ2n) is 4.51. The average Bonchev–Trinajstić information content (AvgIpc) is 2.33. The number of fused-ring (bicyclic) bond motifs is 1. The van der Waals surface area contributed by atoms with Gasteiger partial charge in [0.05, 0.1) is 11.1 Å². The number of nitrogens with two attached hydrogens (primary N) is 1. The van der Waals surface area contributed by atoms with Crippen molar-refractivity contribution in [2.24, 2.45) is 5.73 Å². The van der Waals surface area contributed by atoms with Crippen molar-refractivity contribution in [3.05, 3.63) is 41.1 Å². The highest BCUT2D eigenvalue weighted by Crippen LogP contribution is 2.36. The summed E-state index contributed by atoms with van der Waals surface area (Å²) >= 11 is 0. The van der Waals surface area contributed by atoms with E-state index >= 15 is 0 Å². The molecule has 0 aliphatic carbocycles. The van der Waals surface area contributed by atoms with E-state index in [9.17, 15) is 13.2 Å². The van der Waals surface area contributed by atoms with Crippen LogP contribution in [0.1, 0.15) is 23.2 Å². The first-order valence-corrected chi connectivity index (χ1v) is 6.10. The molecule has 5 heteroatoms. The molecule has 2 nitrogen and oxygen atoms in total. The first kappa shape index (κ1) is 13.8. The van der Waals surface area contributed by atoms with Gasteiger partial charge in [-0.2, -0.15) is 13.2 Å². The summed E-state index contributed by atoms with van der Waals surface area (Å²) in [5, 5.41) is 0.203. The van der Waals surface area contributed by atoms with E-state index < -0.39 is 11.7 Å². The Hall–Kier alpha value is -1.62. The van der Waals surface area contributed by atoms with Gasteiger partial charge in [0.25, 0.3) is 0 Å². The quantitative estimate of drug-likeness (QED) is 0.926. The van der Waals surface area contributed by atoms with Gasteiger partial charge in [-0.3, -0.25) is 4.98 Å². The highest BCUT2D eigenvalue weighted by Gasteiger charge is 2.33. The van der Waals surface area contributed by atoms with Gasteiger partial charge in [-0.05, 0) is 50.1 Å². The van der Waals surface area contributed by atoms with E-state index in [0.717, 1.165) is 11.8 Å². The zero-order chi connectivity index (χ0) is 14.0. The Balaban J connectivity index is 2.71. The number of nitrogens with zero attached hydrogens (tertiary/aromatic N) is 1. The molecule has 1 aromatic heterocycles. The third-order valence-electron chi connectivity index (χ3n) is 3.00. The van der Waals surface area contributed by atoms with Gasteiger partial charge in [-0.1, -0.05) is 6.07 Å². The number of rotatable bonds is 3. The second-order valence-corrected chi connectivity index (χ2v) is 4.51. The van der Waals surface area contributed by atoms with Crippen molar-refractivity contribution in [2.75, 3.05) is 6.54 Å². The van der Waals surface area contributed by atoms with Crippen LogP contribution in [0.15, 0.2) is 24.3 Å². The van der Waals surface area contributed by atoms with Crippen LogP contribution in [0.25, 0.3) is 10.9 Å². The van der Waals surface area contributed by atoms with Crippen LogP contribution in [-0.2, 0) is 12.6 Å². The zero-order valence-electron chi connectivity index (χ0n) is 10.6. The lowest BCUT2D eigenvalue weighted by molar-refractivity contribution is -0.136. The molecular weight excluding hydrogens is 253 g/mol. The normalized spacial score (nSPS) is 12.1. The third-order valence-corrected chi connectivity index (χ3v) is 3.00. The maximum Gasteiger partial charge on any atom is 0.417 e. The number of halogens is 3. The minimum atomic E-state index is -4.37. The number of aromatic nitrogens is 1. The summed E-state index contributed by atoms with van der Waals surface area (Å²) in [6.45, 7) is 2.24. The van der Waals surface area contributed by atoms with Crippen LogP contribution in [0.5, 0.6) is 0 Å². The second kappa shape index (κ2) is 5.17. The van der Waals surface area contributed by atoms with Gasteiger partial charge in [0, 0.05) is 11.1 Å². The van der Waals surface area contributed by atoms with E-state index in [1.54, 1.807) is 19.1 Å². The lowest BCUT2D eigenvalue weighted by atomic mass is 9.98. The van der Waals surface area contributed by atoms with Crippen molar-refractivity contribution >= 4 is 10.9 Å². The number of hydrogen-bond acceptors (Lipinski definition) is 2. The predicted octanol–water partition coefficient (Wildman–Crippen LogP) is 3.45. The molecule has 1 heterocycles. The Morgan fingerprint density at radius 1 is 1.26 bits per heavy atom. The summed E-state index contributed by atoms with van der Waals surface area (Å²) in [6.07, 6.45) is -3.18. The van der Waals surface area contributed by atoms with Crippen molar-refractivity contribution in [3.63, 3.8) is 0 Å². The van der Waals surface area contributed by atoms with Gasteiger partial charge >= 0.3 is 6.18 Å². The van der Waals surface area contributed by atoms with E-state index in [-0.39, 0.29) is 5.39 Å². The van der Waals surface area contributed by atoms with Crippen molar-refractivity contribution in [1.82, 2.24) is 4.98 Å². The summed E-state index contributed by atoms with van der Waals surface area (Å²) in [6, 6.07) is 5.83. The molecule has 0 saturated carbocycles. The maximum atomic E-state index is 13.1. The van der Waals surface area contributed by atoms with Crippen molar-refractivity contribution in [3.8, 4) is 0 Å². The molecule has 0 saturated heterocycles. The minimum absolute atomic E-state index is 0.203. The molecule has 102 valence electrons. The molecule has 0 bridgehead atoms. The highest BCUT2D eigenvalue weighted by molar-refractivity contribution is 5.86. The van der Waals surface area contributed by atoms with Gasteiger partial charge in [0.1, 0.15) is 0 Å². The fourth-order valence-corrected chi connectivity index (χ4v) is 2.24. The van der Waals surface area contributed by atoms with E-state index in [1.165, 1.54) is 6.07 Å². The molecule has 0 radical (unpaired) electrons. The van der Waals surface area contributed by atoms with Crippen LogP contribution < -0.4 is 5.73 Å². The monoisotopic (exact) mass is 268 g/mol. The minimum Gasteiger partial charge on any atom is -0.330 e. The molecule has 2 aromatic rings. The summed E-state index contributed by atoms with van der Waals surface area (Å²) in [4.78, 5) is 4.19. The molecule has 0 spiro atoms. The standard InChI is InChI=1S/C14H15F3N2/c1-9-8-10(4-3-7-18)13-11(14(15,16)17)5-2-6-12(13)19-9/h2,5-6,8H,3-4,7,18H2,1H3. The fraction of sp³-hybridized carbons (Fsp3) is 0.357. The topological polar surface area (TPSA) is 38.9 Å². The molecule has 0 amide bonds. The number of pyridine rings is 1. The number of alkyl halides is 3. The summed E-state index contributed by atoms with van der Waals surface area (Å²) in [5.74, 6) is 0. The van der Waals surface area contributed by atoms with Crippen molar-refractivity contribution in [1.29, 1.82) is 0 Å². The fourth-order valence-electron chi connectivity index (χ4n) is 2.24. The van der Waals surface area contributed by atoms with Crippen LogP contribution in [-0.4, -0.2) is 11.5 Å². The van der Waals surface area contributed by atoms with Crippen molar-refractivity contribution in [2.45, 2.75) is 25.9 Å². The number of benzene rings is 1. The lowest BCUT2D eigenvalue weighted by Gasteiger charge is -2.14. The van der Waals surface area contributed by atoms with E-state index in [4.69, 9.17) is 5.73 Å². The Morgan fingerprint density at radius 2 is 2.00 bits per heavy atom. The number of aryl methyl sites for hydroxylation is 2. The lowest BCUT2D eigenvalue weighted by Crippen LogP contribution is -2.09. The van der Waals surface area contributed by atoms with Crippen molar-refractivity contribution < 1.29 is 13.2 Å². The smallest absolute Gasteiger partial charge is 0.330 e. The van der Waals surface area contributed by atoms with Crippen LogP contribution in [0, 0.1) is 6.92 Å². The van der Waals surface area contributed by atoms with Crippen LogP contribution in [0.3, 0.4) is 0 Å². The van der Waals surface area contributed by atoms with Gasteiger partial charge in [0.2, 0.25) is 0 Å². The first-order valence-electron chi connectivity index (χ1n) is 6.10. The highest BCUT2D eigenvalue weighted by atomic mass is 19.4. The average molecular weight is 268 g/mol. The first-order chi connectivity index (χ1) is 8.93. The SMILES string of the molecule is Cc1cc(CCCN)c2c(C(F)(F)F)cccc2n1. The molecule has 0 fully saturated rings. The molecule has 0 unspecified atom stereocenters. The molecule has 19 heavy (non-hydrogen) atoms. The summed E-state index contributed by atoms with van der Waals surface area (Å²) in [5.41, 5.74) is 6.60. The van der Waals surface area contributed by atoms with Gasteiger partial charge in [0.15, 0.2) is 0 Å². The number of hydrogen-bond donors (Lipinski definition) is 1. The molecular formula is C14H15F3N2. The third kappa shape index (κ3) is 2.87. The molecule has 2 N–H and O–H groups in total. The van der Waals surface area contributed by atoms with Crippen LogP contribution in [0.4, 0.5) is 13.2 Å². The maximum absolute atomic E-state index is 13.1. The molecule has 0 atom stereocenters. The largest absolute Gasteiger partial charge is 0.417 e. The molecule has 0 aliphatic heterocycles. The molecule has 2 rings (SSSR count). The van der Waals surface area contributed by atoms with E-state index in [2.05, 4.69) is 4.98 Å². The Kier molecular flexibility index (Phi) is 3.75. The Morgan fingerprint density at radius 3 is 2.63 bits per heavy atom. The van der Waals surface area contributed by atoms with Gasteiger partial charge < -0.3 is 5.73 Å². The summed E-state index contributed by atoms with van der Waals surface area (Å²) in [7, 11) is 0. The Labute approximate surface area is 109 Å². The molecule has 1 aromatic carbocycles. The predicted molar refractivity (Wildman–Crippen MR) is 68.9 cm³/mol. The van der Waals surface area contributed by atoms with E-state index in [1.807, 2.05) is 0 Å². The summed E-state index contributed by atoms with van der Waals surface area (Å²) < 4.78 is 39.2. The molecule has 0 aliphatic rings. The Bertz CT molecular complexity index is 591. The van der Waals surface area contributed by atoms with Crippen LogP contribution in [0.2, 0.25) is 0 Å². The van der Waals surface area contributed by atoms with Gasteiger partial charge in [-0.25, -0.2) is 0 Å². The van der Waals surface area contributed by atoms with Gasteiger partial charge in [-0.15, -0.1) is 0 Å². The van der Waals surface area contributed by atoms with Crippen LogP contribution >= 0.6 is 0 Å².